The van der Waals surface area contributed by atoms with Crippen LogP contribution < -0.4 is 9.47 Å². The number of rotatable bonds is 7. The number of methoxy groups -OCH3 is 1. The van der Waals surface area contributed by atoms with E-state index in [1.165, 1.54) is 4.68 Å². The fourth-order valence-corrected chi connectivity index (χ4v) is 3.36. The third kappa shape index (κ3) is 4.84. The largest absolute Gasteiger partial charge is 0.493 e. The molecule has 0 saturated heterocycles. The van der Waals surface area contributed by atoms with Crippen molar-refractivity contribution < 1.29 is 9.47 Å². The predicted molar refractivity (Wildman–Crippen MR) is 125 cm³/mol. The second-order valence-electron chi connectivity index (χ2n) is 6.57. The van der Waals surface area contributed by atoms with Crippen LogP contribution in [0.3, 0.4) is 0 Å². The quantitative estimate of drug-likeness (QED) is 0.288. The number of hydrogen-bond acceptors (Lipinski definition) is 5. The monoisotopic (exact) mass is 450 g/mol. The van der Waals surface area contributed by atoms with Crippen molar-refractivity contribution in [2.45, 2.75) is 6.61 Å². The fourth-order valence-electron chi connectivity index (χ4n) is 2.96. The molecule has 4 rings (SSSR count). The Morgan fingerprint density at radius 1 is 1.06 bits per heavy atom. The first kappa shape index (κ1) is 20.8. The summed E-state index contributed by atoms with van der Waals surface area (Å²) in [6.07, 6.45) is 1.68. The van der Waals surface area contributed by atoms with Crippen molar-refractivity contribution >= 4 is 30.0 Å². The zero-order valence-electron chi connectivity index (χ0n) is 16.7. The van der Waals surface area contributed by atoms with Gasteiger partial charge in [0.1, 0.15) is 6.61 Å². The summed E-state index contributed by atoms with van der Waals surface area (Å²) in [6.45, 7) is 0.454. The first-order chi connectivity index (χ1) is 15.2. The van der Waals surface area contributed by atoms with Crippen LogP contribution in [0.4, 0.5) is 0 Å². The van der Waals surface area contributed by atoms with Crippen molar-refractivity contribution in [2.75, 3.05) is 7.11 Å². The van der Waals surface area contributed by atoms with Crippen molar-refractivity contribution in [3.8, 4) is 22.9 Å². The minimum Gasteiger partial charge on any atom is -0.493 e. The van der Waals surface area contributed by atoms with E-state index < -0.39 is 0 Å². The normalized spacial score (nSPS) is 11.0. The number of aromatic nitrogens is 3. The molecule has 0 fully saturated rings. The number of halogens is 1. The van der Waals surface area contributed by atoms with Crippen LogP contribution in [-0.4, -0.2) is 28.2 Å². The Morgan fingerprint density at radius 3 is 2.61 bits per heavy atom. The maximum atomic E-state index is 6.30. The van der Waals surface area contributed by atoms with E-state index >= 15 is 0 Å². The first-order valence-corrected chi connectivity index (χ1v) is 10.3. The van der Waals surface area contributed by atoms with Gasteiger partial charge >= 0.3 is 0 Å². The molecule has 1 N–H and O–H groups in total. The summed E-state index contributed by atoms with van der Waals surface area (Å²) in [5, 5.41) is 12.1. The Balaban J connectivity index is 1.57. The van der Waals surface area contributed by atoms with Crippen molar-refractivity contribution in [3.05, 3.63) is 93.7 Å². The van der Waals surface area contributed by atoms with E-state index in [0.717, 1.165) is 16.7 Å². The highest BCUT2D eigenvalue weighted by Crippen LogP contribution is 2.29. The number of nitrogens with zero attached hydrogens (tertiary/aromatic N) is 3. The lowest BCUT2D eigenvalue weighted by atomic mass is 10.2. The average Bonchev–Trinajstić information content (AvgIpc) is 3.17. The predicted octanol–water partition coefficient (Wildman–Crippen LogP) is 5.73. The van der Waals surface area contributed by atoms with E-state index in [1.807, 2.05) is 66.7 Å². The number of H-pyrrole nitrogens is 1. The number of benzene rings is 3. The summed E-state index contributed by atoms with van der Waals surface area (Å²) < 4.78 is 13.3. The molecule has 0 atom stereocenters. The van der Waals surface area contributed by atoms with Crippen LogP contribution in [0.5, 0.6) is 11.5 Å². The first-order valence-electron chi connectivity index (χ1n) is 9.47. The van der Waals surface area contributed by atoms with Crippen LogP contribution in [0.25, 0.3) is 11.4 Å². The van der Waals surface area contributed by atoms with Crippen molar-refractivity contribution in [1.82, 2.24) is 14.9 Å². The molecular formula is C23H19ClN4O2S. The minimum atomic E-state index is 0.362. The lowest BCUT2D eigenvalue weighted by Gasteiger charge is -2.11. The van der Waals surface area contributed by atoms with E-state index in [1.54, 1.807) is 19.4 Å². The summed E-state index contributed by atoms with van der Waals surface area (Å²) in [4.78, 5) is 0. The van der Waals surface area contributed by atoms with Gasteiger partial charge in [0, 0.05) is 5.56 Å². The Labute approximate surface area is 189 Å². The molecule has 0 aliphatic heterocycles. The second kappa shape index (κ2) is 9.59. The molecule has 0 bridgehead atoms. The Bertz CT molecular complexity index is 1270. The Morgan fingerprint density at radius 2 is 1.84 bits per heavy atom. The molecular weight excluding hydrogens is 432 g/mol. The molecule has 0 saturated carbocycles. The highest BCUT2D eigenvalue weighted by Gasteiger charge is 2.11. The number of hydrogen-bond donors (Lipinski definition) is 1. The van der Waals surface area contributed by atoms with Gasteiger partial charge in [-0.1, -0.05) is 54.1 Å². The zero-order valence-corrected chi connectivity index (χ0v) is 18.2. The molecule has 3 aromatic carbocycles. The van der Waals surface area contributed by atoms with Crippen LogP contribution in [0.2, 0.25) is 5.02 Å². The van der Waals surface area contributed by atoms with E-state index in [0.29, 0.717) is 33.7 Å². The summed E-state index contributed by atoms with van der Waals surface area (Å²) in [7, 11) is 1.60. The van der Waals surface area contributed by atoms with Gasteiger partial charge < -0.3 is 9.47 Å². The summed E-state index contributed by atoms with van der Waals surface area (Å²) in [5.74, 6) is 1.80. The van der Waals surface area contributed by atoms with Gasteiger partial charge in [-0.2, -0.15) is 14.9 Å². The van der Waals surface area contributed by atoms with E-state index in [-0.39, 0.29) is 0 Å². The topological polar surface area (TPSA) is 64.4 Å². The molecule has 8 heteroatoms. The Hall–Kier alpha value is -3.42. The van der Waals surface area contributed by atoms with Gasteiger partial charge in [-0.05, 0) is 53.7 Å². The van der Waals surface area contributed by atoms with E-state index in [2.05, 4.69) is 15.3 Å². The number of ether oxygens (including phenoxy) is 2. The molecule has 6 nitrogen and oxygen atoms in total. The van der Waals surface area contributed by atoms with Gasteiger partial charge in [-0.25, -0.2) is 5.10 Å². The van der Waals surface area contributed by atoms with E-state index in [4.69, 9.17) is 33.3 Å². The van der Waals surface area contributed by atoms with Gasteiger partial charge in [0.15, 0.2) is 17.3 Å². The average molecular weight is 451 g/mol. The van der Waals surface area contributed by atoms with Gasteiger partial charge in [-0.3, -0.25) is 0 Å². The third-order valence-corrected chi connectivity index (χ3v) is 5.11. The maximum absolute atomic E-state index is 6.30. The summed E-state index contributed by atoms with van der Waals surface area (Å²) >= 11 is 11.6. The van der Waals surface area contributed by atoms with Gasteiger partial charge in [0.2, 0.25) is 4.77 Å². The minimum absolute atomic E-state index is 0.362. The standard InChI is InChI=1S/C23H19ClN4O2S/c1-29-21-13-17(11-12-20(21)30-15-16-7-3-2-4-8-16)14-25-28-22(26-27-23(28)31)18-9-5-6-10-19(18)24/h2-14H,15H2,1H3,(H,27,31). The van der Waals surface area contributed by atoms with Crippen molar-refractivity contribution in [1.29, 1.82) is 0 Å². The fraction of sp³-hybridized carbons (Fsp3) is 0.0870. The van der Waals surface area contributed by atoms with Crippen LogP contribution in [0.15, 0.2) is 77.9 Å². The molecule has 4 aromatic rings. The zero-order chi connectivity index (χ0) is 21.6. The maximum Gasteiger partial charge on any atom is 0.216 e. The highest BCUT2D eigenvalue weighted by atomic mass is 35.5. The van der Waals surface area contributed by atoms with Crippen LogP contribution in [-0.2, 0) is 6.61 Å². The summed E-state index contributed by atoms with van der Waals surface area (Å²) in [6, 6.07) is 22.9. The molecule has 156 valence electrons. The molecule has 1 aromatic heterocycles. The molecule has 0 amide bonds. The van der Waals surface area contributed by atoms with Crippen LogP contribution in [0.1, 0.15) is 11.1 Å². The van der Waals surface area contributed by atoms with Gasteiger partial charge in [0.05, 0.1) is 18.3 Å². The molecule has 1 heterocycles. The molecule has 0 radical (unpaired) electrons. The SMILES string of the molecule is COc1cc(C=Nn2c(-c3ccccc3Cl)n[nH]c2=S)ccc1OCc1ccccc1. The highest BCUT2D eigenvalue weighted by molar-refractivity contribution is 7.71. The van der Waals surface area contributed by atoms with Gasteiger partial charge in [0.25, 0.3) is 0 Å². The van der Waals surface area contributed by atoms with Crippen LogP contribution in [0, 0.1) is 4.77 Å². The van der Waals surface area contributed by atoms with E-state index in [9.17, 15) is 0 Å². The van der Waals surface area contributed by atoms with Crippen molar-refractivity contribution in [3.63, 3.8) is 0 Å². The summed E-state index contributed by atoms with van der Waals surface area (Å²) in [5.41, 5.74) is 2.63. The Kier molecular flexibility index (Phi) is 6.45. The molecule has 0 aliphatic rings. The molecule has 0 spiro atoms. The number of aromatic amines is 1. The molecule has 0 aliphatic carbocycles. The smallest absolute Gasteiger partial charge is 0.216 e. The molecule has 31 heavy (non-hydrogen) atoms. The van der Waals surface area contributed by atoms with Crippen molar-refractivity contribution in [2.24, 2.45) is 5.10 Å². The lowest BCUT2D eigenvalue weighted by Crippen LogP contribution is -1.99. The third-order valence-electron chi connectivity index (χ3n) is 4.51. The second-order valence-corrected chi connectivity index (χ2v) is 7.37. The molecule has 0 unspecified atom stereocenters. The van der Waals surface area contributed by atoms with Crippen LogP contribution >= 0.6 is 23.8 Å². The van der Waals surface area contributed by atoms with Gasteiger partial charge in [-0.15, -0.1) is 0 Å². The number of nitrogens with one attached hydrogen (secondary N) is 1. The lowest BCUT2D eigenvalue weighted by molar-refractivity contribution is 0.284.